The van der Waals surface area contributed by atoms with Gasteiger partial charge in [0, 0.05) is 13.2 Å². The molecule has 0 aliphatic rings. The lowest BCUT2D eigenvalue weighted by Gasteiger charge is -2.19. The zero-order valence-corrected chi connectivity index (χ0v) is 11.1. The summed E-state index contributed by atoms with van der Waals surface area (Å²) < 4.78 is 16.4. The number of hydrogen-bond acceptors (Lipinski definition) is 4. The molecule has 0 spiro atoms. The minimum atomic E-state index is -0.404. The van der Waals surface area contributed by atoms with Crippen LogP contribution in [0.25, 0.3) is 0 Å². The molecule has 0 amide bonds. The van der Waals surface area contributed by atoms with Crippen LogP contribution in [0.4, 0.5) is 0 Å². The number of carbonyl (C=O) groups excluding carboxylic acids is 1. The predicted octanol–water partition coefficient (Wildman–Crippen LogP) is 2.59. The molecule has 1 rings (SSSR count). The van der Waals surface area contributed by atoms with Gasteiger partial charge in [-0.15, -0.1) is 0 Å². The van der Waals surface area contributed by atoms with E-state index in [-0.39, 0.29) is 6.61 Å². The van der Waals surface area contributed by atoms with Crippen LogP contribution in [-0.4, -0.2) is 32.4 Å². The third kappa shape index (κ3) is 4.13. The van der Waals surface area contributed by atoms with E-state index in [2.05, 4.69) is 0 Å². The van der Waals surface area contributed by atoms with Gasteiger partial charge in [0.2, 0.25) is 0 Å². The van der Waals surface area contributed by atoms with Gasteiger partial charge in [0.25, 0.3) is 0 Å². The molecule has 0 bridgehead atoms. The monoisotopic (exact) mass is 252 g/mol. The van der Waals surface area contributed by atoms with Crippen molar-refractivity contribution < 1.29 is 19.0 Å². The summed E-state index contributed by atoms with van der Waals surface area (Å²) in [5, 5.41) is 0. The summed E-state index contributed by atoms with van der Waals surface area (Å²) in [5.74, 6) is 0.594. The van der Waals surface area contributed by atoms with Gasteiger partial charge < -0.3 is 14.2 Å². The molecule has 0 aliphatic heterocycles. The topological polar surface area (TPSA) is 44.8 Å². The second-order valence-corrected chi connectivity index (χ2v) is 3.76. The Morgan fingerprint density at radius 3 is 2.44 bits per heavy atom. The summed E-state index contributed by atoms with van der Waals surface area (Å²) >= 11 is 0. The van der Waals surface area contributed by atoms with E-state index in [4.69, 9.17) is 14.2 Å². The highest BCUT2D eigenvalue weighted by atomic mass is 16.7. The lowest BCUT2D eigenvalue weighted by atomic mass is 10.1. The van der Waals surface area contributed by atoms with Crippen molar-refractivity contribution in [2.24, 2.45) is 0 Å². The van der Waals surface area contributed by atoms with Gasteiger partial charge in [-0.1, -0.05) is 12.1 Å². The fourth-order valence-electron chi connectivity index (χ4n) is 1.63. The molecule has 1 aromatic carbocycles. The first-order chi connectivity index (χ1) is 8.72. The van der Waals surface area contributed by atoms with Gasteiger partial charge in [-0.2, -0.15) is 0 Å². The molecule has 0 fully saturated rings. The first-order valence-electron chi connectivity index (χ1n) is 6.13. The molecular weight excluding hydrogens is 232 g/mol. The van der Waals surface area contributed by atoms with Gasteiger partial charge >= 0.3 is 0 Å². The van der Waals surface area contributed by atoms with Crippen LogP contribution < -0.4 is 4.74 Å². The molecule has 0 aliphatic carbocycles. The number of hydrogen-bond donors (Lipinski definition) is 0. The van der Waals surface area contributed by atoms with E-state index in [9.17, 15) is 4.79 Å². The number of carbonyl (C=O) groups is 1. The Kier molecular flexibility index (Phi) is 6.39. The summed E-state index contributed by atoms with van der Waals surface area (Å²) in [5.41, 5.74) is 1.47. The fraction of sp³-hybridized carbons (Fsp3) is 0.500. The third-order valence-electron chi connectivity index (χ3n) is 2.44. The van der Waals surface area contributed by atoms with Crippen LogP contribution in [0.15, 0.2) is 18.2 Å². The van der Waals surface area contributed by atoms with Crippen molar-refractivity contribution in [1.82, 2.24) is 0 Å². The Balaban J connectivity index is 2.69. The number of benzene rings is 1. The molecule has 100 valence electrons. The van der Waals surface area contributed by atoms with Crippen molar-refractivity contribution in [3.63, 3.8) is 0 Å². The average Bonchev–Trinajstić information content (AvgIpc) is 2.37. The average molecular weight is 252 g/mol. The maximum absolute atomic E-state index is 10.9. The molecule has 1 aromatic rings. The Bertz CT molecular complexity index is 370. The van der Waals surface area contributed by atoms with Gasteiger partial charge in [-0.05, 0) is 32.4 Å². The van der Waals surface area contributed by atoms with E-state index < -0.39 is 6.29 Å². The first-order valence-corrected chi connectivity index (χ1v) is 6.13. The maximum atomic E-state index is 10.9. The quantitative estimate of drug-likeness (QED) is 0.527. The molecule has 0 saturated heterocycles. The molecule has 18 heavy (non-hydrogen) atoms. The minimum absolute atomic E-state index is 0.271. The molecular formula is C14H20O4. The maximum Gasteiger partial charge on any atom is 0.191 e. The molecule has 0 radical (unpaired) electrons. The zero-order chi connectivity index (χ0) is 13.4. The van der Waals surface area contributed by atoms with E-state index in [1.165, 1.54) is 0 Å². The molecule has 0 heterocycles. The van der Waals surface area contributed by atoms with Gasteiger partial charge in [-0.3, -0.25) is 4.79 Å². The van der Waals surface area contributed by atoms with Crippen LogP contribution in [0.1, 0.15) is 29.8 Å². The van der Waals surface area contributed by atoms with Crippen LogP contribution in [0, 0.1) is 6.92 Å². The predicted molar refractivity (Wildman–Crippen MR) is 69.1 cm³/mol. The standard InChI is InChI=1S/C14H20O4/c1-4-16-13(17-5-2)10-18-14-11(3)7-6-8-12(14)9-15/h6-9,13H,4-5,10H2,1-3H3. The van der Waals surface area contributed by atoms with E-state index in [0.717, 1.165) is 11.8 Å². The number of aryl methyl sites for hydroxylation is 1. The van der Waals surface area contributed by atoms with Crippen molar-refractivity contribution in [2.75, 3.05) is 19.8 Å². The lowest BCUT2D eigenvalue weighted by molar-refractivity contribution is -0.152. The first kappa shape index (κ1) is 14.7. The van der Waals surface area contributed by atoms with Gasteiger partial charge in [0.1, 0.15) is 12.4 Å². The molecule has 0 N–H and O–H groups in total. The molecule has 0 atom stereocenters. The summed E-state index contributed by atoms with van der Waals surface area (Å²) in [6, 6.07) is 5.46. The number of ether oxygens (including phenoxy) is 3. The molecule has 4 nitrogen and oxygen atoms in total. The molecule has 0 saturated carbocycles. The Labute approximate surface area is 108 Å². The largest absolute Gasteiger partial charge is 0.487 e. The van der Waals surface area contributed by atoms with Crippen molar-refractivity contribution >= 4 is 6.29 Å². The second-order valence-electron chi connectivity index (χ2n) is 3.76. The number of aldehydes is 1. The summed E-state index contributed by atoms with van der Waals surface area (Å²) in [6.45, 7) is 7.09. The Morgan fingerprint density at radius 2 is 1.89 bits per heavy atom. The molecule has 0 unspecified atom stereocenters. The van der Waals surface area contributed by atoms with E-state index in [1.54, 1.807) is 6.07 Å². The van der Waals surface area contributed by atoms with Crippen molar-refractivity contribution in [3.05, 3.63) is 29.3 Å². The van der Waals surface area contributed by atoms with Crippen molar-refractivity contribution in [1.29, 1.82) is 0 Å². The summed E-state index contributed by atoms with van der Waals surface area (Å²) in [4.78, 5) is 10.9. The van der Waals surface area contributed by atoms with Crippen LogP contribution in [0.3, 0.4) is 0 Å². The normalized spacial score (nSPS) is 10.7. The highest BCUT2D eigenvalue weighted by Crippen LogP contribution is 2.22. The van der Waals surface area contributed by atoms with Crippen LogP contribution in [-0.2, 0) is 9.47 Å². The van der Waals surface area contributed by atoms with Crippen LogP contribution in [0.5, 0.6) is 5.75 Å². The van der Waals surface area contributed by atoms with Gasteiger partial charge in [-0.25, -0.2) is 0 Å². The highest BCUT2D eigenvalue weighted by Gasteiger charge is 2.12. The smallest absolute Gasteiger partial charge is 0.191 e. The second kappa shape index (κ2) is 7.84. The minimum Gasteiger partial charge on any atom is -0.487 e. The summed E-state index contributed by atoms with van der Waals surface area (Å²) in [6.07, 6.45) is 0.387. The number of para-hydroxylation sites is 1. The Morgan fingerprint density at radius 1 is 1.22 bits per heavy atom. The third-order valence-corrected chi connectivity index (χ3v) is 2.44. The van der Waals surface area contributed by atoms with Crippen molar-refractivity contribution in [3.8, 4) is 5.75 Å². The van der Waals surface area contributed by atoms with E-state index in [0.29, 0.717) is 24.5 Å². The van der Waals surface area contributed by atoms with Gasteiger partial charge in [0.05, 0.1) is 5.56 Å². The lowest BCUT2D eigenvalue weighted by Crippen LogP contribution is -2.25. The van der Waals surface area contributed by atoms with Gasteiger partial charge in [0.15, 0.2) is 12.6 Å². The van der Waals surface area contributed by atoms with E-state index >= 15 is 0 Å². The van der Waals surface area contributed by atoms with Crippen LogP contribution >= 0.6 is 0 Å². The fourth-order valence-corrected chi connectivity index (χ4v) is 1.63. The Hall–Kier alpha value is -1.39. The molecule has 4 heteroatoms. The zero-order valence-electron chi connectivity index (χ0n) is 11.1. The molecule has 0 aromatic heterocycles. The van der Waals surface area contributed by atoms with Crippen molar-refractivity contribution in [2.45, 2.75) is 27.1 Å². The highest BCUT2D eigenvalue weighted by molar-refractivity contribution is 5.80. The SMILES string of the molecule is CCOC(COc1c(C)cccc1C=O)OCC. The van der Waals surface area contributed by atoms with Crippen LogP contribution in [0.2, 0.25) is 0 Å². The summed E-state index contributed by atoms with van der Waals surface area (Å²) in [7, 11) is 0. The van der Waals surface area contributed by atoms with E-state index in [1.807, 2.05) is 32.9 Å². The number of rotatable bonds is 8.